The Balaban J connectivity index is 2.14. The molecule has 1 N–H and O–H groups in total. The highest BCUT2D eigenvalue weighted by molar-refractivity contribution is 6.29. The van der Waals surface area contributed by atoms with Crippen molar-refractivity contribution in [3.63, 3.8) is 0 Å². The minimum atomic E-state index is -0.456. The van der Waals surface area contributed by atoms with Crippen LogP contribution in [0.5, 0.6) is 0 Å². The molecule has 0 unspecified atom stereocenters. The summed E-state index contributed by atoms with van der Waals surface area (Å²) in [6.07, 6.45) is 3.19. The number of esters is 1. The lowest BCUT2D eigenvalue weighted by molar-refractivity contribution is 0.0501. The van der Waals surface area contributed by atoms with Crippen LogP contribution in [0.3, 0.4) is 0 Å². The largest absolute Gasteiger partial charge is 0.462 e. The predicted octanol–water partition coefficient (Wildman–Crippen LogP) is 3.94. The van der Waals surface area contributed by atoms with Crippen molar-refractivity contribution >= 4 is 29.2 Å². The molecule has 23 heavy (non-hydrogen) atoms. The Bertz CT molecular complexity index is 704. The SMILES string of the molecule is CCCCOC(=O)c1ccccc1NC(=O)c1ccnc(Cl)c1. The highest BCUT2D eigenvalue weighted by Crippen LogP contribution is 2.18. The van der Waals surface area contributed by atoms with Gasteiger partial charge in [0.1, 0.15) is 5.15 Å². The Kier molecular flexibility index (Phi) is 6.11. The number of anilines is 1. The van der Waals surface area contributed by atoms with Gasteiger partial charge in [0.25, 0.3) is 5.91 Å². The van der Waals surface area contributed by atoms with Crippen molar-refractivity contribution in [1.82, 2.24) is 4.98 Å². The minimum absolute atomic E-state index is 0.227. The lowest BCUT2D eigenvalue weighted by Gasteiger charge is -2.11. The van der Waals surface area contributed by atoms with Crippen LogP contribution in [0.4, 0.5) is 5.69 Å². The molecule has 1 aromatic heterocycles. The number of para-hydroxylation sites is 1. The molecule has 0 radical (unpaired) electrons. The van der Waals surface area contributed by atoms with Crippen LogP contribution in [0.25, 0.3) is 0 Å². The lowest BCUT2D eigenvalue weighted by atomic mass is 10.1. The maximum atomic E-state index is 12.3. The summed E-state index contributed by atoms with van der Waals surface area (Å²) in [5.41, 5.74) is 1.07. The summed E-state index contributed by atoms with van der Waals surface area (Å²) in [5.74, 6) is -0.829. The van der Waals surface area contributed by atoms with Gasteiger partial charge >= 0.3 is 5.97 Å². The quantitative estimate of drug-likeness (QED) is 0.494. The second-order valence-corrected chi connectivity index (χ2v) is 5.24. The van der Waals surface area contributed by atoms with Gasteiger partial charge < -0.3 is 10.1 Å². The van der Waals surface area contributed by atoms with Crippen molar-refractivity contribution < 1.29 is 14.3 Å². The molecule has 1 heterocycles. The number of halogens is 1. The van der Waals surface area contributed by atoms with Crippen molar-refractivity contribution in [3.8, 4) is 0 Å². The van der Waals surface area contributed by atoms with Crippen molar-refractivity contribution in [3.05, 3.63) is 58.9 Å². The maximum absolute atomic E-state index is 12.3. The van der Waals surface area contributed by atoms with Crippen LogP contribution in [-0.2, 0) is 4.74 Å². The number of pyridine rings is 1. The maximum Gasteiger partial charge on any atom is 0.340 e. The molecule has 5 nitrogen and oxygen atoms in total. The molecule has 0 saturated heterocycles. The first-order valence-corrected chi connectivity index (χ1v) is 7.68. The Morgan fingerprint density at radius 2 is 2.04 bits per heavy atom. The van der Waals surface area contributed by atoms with Crippen LogP contribution in [0.1, 0.15) is 40.5 Å². The van der Waals surface area contributed by atoms with Gasteiger partial charge in [0.15, 0.2) is 0 Å². The van der Waals surface area contributed by atoms with Gasteiger partial charge in [-0.15, -0.1) is 0 Å². The number of aromatic nitrogens is 1. The van der Waals surface area contributed by atoms with Gasteiger partial charge in [-0.05, 0) is 30.7 Å². The number of nitrogens with one attached hydrogen (secondary N) is 1. The summed E-state index contributed by atoms with van der Waals surface area (Å²) in [7, 11) is 0. The number of nitrogens with zero attached hydrogens (tertiary/aromatic N) is 1. The molecule has 0 atom stereocenters. The van der Waals surface area contributed by atoms with E-state index >= 15 is 0 Å². The van der Waals surface area contributed by atoms with Gasteiger partial charge in [-0.1, -0.05) is 37.1 Å². The zero-order valence-corrected chi connectivity index (χ0v) is 13.5. The van der Waals surface area contributed by atoms with Crippen LogP contribution in [0.2, 0.25) is 5.15 Å². The number of rotatable bonds is 6. The topological polar surface area (TPSA) is 68.3 Å². The van der Waals surface area contributed by atoms with E-state index in [1.54, 1.807) is 30.3 Å². The van der Waals surface area contributed by atoms with Crippen molar-refractivity contribution in [2.45, 2.75) is 19.8 Å². The van der Waals surface area contributed by atoms with Gasteiger partial charge in [0, 0.05) is 11.8 Å². The normalized spacial score (nSPS) is 10.2. The molecule has 2 rings (SSSR count). The molecule has 0 aliphatic carbocycles. The molecule has 2 aromatic rings. The van der Waals surface area contributed by atoms with E-state index < -0.39 is 5.97 Å². The van der Waals surface area contributed by atoms with E-state index in [9.17, 15) is 9.59 Å². The monoisotopic (exact) mass is 332 g/mol. The molecule has 0 spiro atoms. The number of carbonyl (C=O) groups is 2. The number of hydrogen-bond donors (Lipinski definition) is 1. The molecule has 0 aliphatic rings. The van der Waals surface area contributed by atoms with Crippen molar-refractivity contribution in [1.29, 1.82) is 0 Å². The van der Waals surface area contributed by atoms with Crippen LogP contribution in [0, 0.1) is 0 Å². The first kappa shape index (κ1) is 17.0. The van der Waals surface area contributed by atoms with Gasteiger partial charge in [0.2, 0.25) is 0 Å². The van der Waals surface area contributed by atoms with E-state index in [1.807, 2.05) is 6.92 Å². The van der Waals surface area contributed by atoms with Gasteiger partial charge in [-0.25, -0.2) is 9.78 Å². The Hall–Kier alpha value is -2.40. The summed E-state index contributed by atoms with van der Waals surface area (Å²) >= 11 is 5.78. The molecule has 6 heteroatoms. The van der Waals surface area contributed by atoms with E-state index in [1.165, 1.54) is 12.3 Å². The zero-order chi connectivity index (χ0) is 16.7. The summed E-state index contributed by atoms with van der Waals surface area (Å²) in [6.45, 7) is 2.37. The summed E-state index contributed by atoms with van der Waals surface area (Å²) < 4.78 is 5.19. The fourth-order valence-corrected chi connectivity index (χ4v) is 2.07. The summed E-state index contributed by atoms with van der Waals surface area (Å²) in [5, 5.41) is 2.93. The highest BCUT2D eigenvalue weighted by Gasteiger charge is 2.15. The van der Waals surface area contributed by atoms with E-state index in [4.69, 9.17) is 16.3 Å². The number of amides is 1. The zero-order valence-electron chi connectivity index (χ0n) is 12.7. The van der Waals surface area contributed by atoms with Gasteiger partial charge in [-0.2, -0.15) is 0 Å². The van der Waals surface area contributed by atoms with E-state index in [2.05, 4.69) is 10.3 Å². The average molecular weight is 333 g/mol. The number of benzene rings is 1. The fourth-order valence-electron chi connectivity index (χ4n) is 1.90. The van der Waals surface area contributed by atoms with E-state index in [0.717, 1.165) is 12.8 Å². The van der Waals surface area contributed by atoms with E-state index in [-0.39, 0.29) is 11.1 Å². The average Bonchev–Trinajstić information content (AvgIpc) is 2.55. The second kappa shape index (κ2) is 8.29. The van der Waals surface area contributed by atoms with Crippen LogP contribution >= 0.6 is 11.6 Å². The van der Waals surface area contributed by atoms with Crippen LogP contribution in [-0.4, -0.2) is 23.5 Å². The standard InChI is InChI=1S/C17H17ClN2O3/c1-2-3-10-23-17(22)13-6-4-5-7-14(13)20-16(21)12-8-9-19-15(18)11-12/h4-9,11H,2-3,10H2,1H3,(H,20,21). The smallest absolute Gasteiger partial charge is 0.340 e. The molecule has 1 amide bonds. The molecule has 0 fully saturated rings. The minimum Gasteiger partial charge on any atom is -0.462 e. The molecule has 1 aromatic carbocycles. The van der Waals surface area contributed by atoms with Crippen molar-refractivity contribution in [2.75, 3.05) is 11.9 Å². The van der Waals surface area contributed by atoms with Gasteiger partial charge in [-0.3, -0.25) is 4.79 Å². The highest BCUT2D eigenvalue weighted by atomic mass is 35.5. The first-order valence-electron chi connectivity index (χ1n) is 7.31. The van der Waals surface area contributed by atoms with Crippen LogP contribution < -0.4 is 5.32 Å². The Labute approximate surface area is 139 Å². The number of carbonyl (C=O) groups excluding carboxylic acids is 2. The number of ether oxygens (including phenoxy) is 1. The summed E-state index contributed by atoms with van der Waals surface area (Å²) in [4.78, 5) is 28.2. The molecule has 0 saturated carbocycles. The third-order valence-electron chi connectivity index (χ3n) is 3.11. The molecule has 0 aliphatic heterocycles. The predicted molar refractivity (Wildman–Crippen MR) is 88.8 cm³/mol. The molecular weight excluding hydrogens is 316 g/mol. The van der Waals surface area contributed by atoms with Crippen LogP contribution in [0.15, 0.2) is 42.6 Å². The third-order valence-corrected chi connectivity index (χ3v) is 3.32. The first-order chi connectivity index (χ1) is 11.1. The van der Waals surface area contributed by atoms with E-state index in [0.29, 0.717) is 23.4 Å². The lowest BCUT2D eigenvalue weighted by Crippen LogP contribution is -2.16. The fraction of sp³-hybridized carbons (Fsp3) is 0.235. The Morgan fingerprint density at radius 3 is 2.78 bits per heavy atom. The van der Waals surface area contributed by atoms with Gasteiger partial charge in [0.05, 0.1) is 17.9 Å². The Morgan fingerprint density at radius 1 is 1.26 bits per heavy atom. The second-order valence-electron chi connectivity index (χ2n) is 4.86. The number of hydrogen-bond acceptors (Lipinski definition) is 4. The molecule has 120 valence electrons. The summed E-state index contributed by atoms with van der Waals surface area (Å²) in [6, 6.07) is 9.72. The third kappa shape index (κ3) is 4.79. The van der Waals surface area contributed by atoms with Crippen molar-refractivity contribution in [2.24, 2.45) is 0 Å². The molecule has 0 bridgehead atoms. The molecular formula is C17H17ClN2O3. The number of unbranched alkanes of at least 4 members (excludes halogenated alkanes) is 1.